The summed E-state index contributed by atoms with van der Waals surface area (Å²) >= 11 is 0. The first kappa shape index (κ1) is 28.5. The van der Waals surface area contributed by atoms with Crippen LogP contribution in [0.5, 0.6) is 0 Å². The van der Waals surface area contributed by atoms with Crippen molar-refractivity contribution in [3.63, 3.8) is 0 Å². The number of aryl methyl sites for hydroxylation is 2. The normalized spacial score (nSPS) is 9.84. The van der Waals surface area contributed by atoms with Crippen LogP contribution in [0.1, 0.15) is 36.0 Å². The monoisotopic (exact) mass is 572 g/mol. The molecule has 0 bridgehead atoms. The van der Waals surface area contributed by atoms with Crippen LogP contribution in [0.25, 0.3) is 0 Å². The molecule has 0 spiro atoms. The first-order chi connectivity index (χ1) is 10.6. The Labute approximate surface area is 181 Å². The third kappa shape index (κ3) is 10.3. The van der Waals surface area contributed by atoms with Crippen molar-refractivity contribution in [2.45, 2.75) is 33.8 Å². The van der Waals surface area contributed by atoms with Crippen LogP contribution in [0.15, 0.2) is 4.42 Å². The van der Waals surface area contributed by atoms with Crippen LogP contribution >= 0.6 is 0 Å². The zero-order valence-electron chi connectivity index (χ0n) is 15.1. The summed E-state index contributed by atoms with van der Waals surface area (Å²) in [5.41, 5.74) is 0.627. The number of ketones is 1. The molecule has 4 N–H and O–H groups in total. The van der Waals surface area contributed by atoms with Gasteiger partial charge in [0.2, 0.25) is 11.9 Å². The van der Waals surface area contributed by atoms with Gasteiger partial charge in [-0.15, -0.1) is 0 Å². The molecule has 1 aromatic heterocycles. The molecule has 0 aliphatic carbocycles. The number of hydrogen-bond acceptors (Lipinski definition) is 7. The van der Waals surface area contributed by atoms with E-state index in [4.69, 9.17) is 4.42 Å². The summed E-state index contributed by atoms with van der Waals surface area (Å²) in [5.74, 6) is -1.18. The Morgan fingerprint density at radius 2 is 1.60 bits per heavy atom. The first-order valence-electron chi connectivity index (χ1n) is 6.69. The van der Waals surface area contributed by atoms with Crippen LogP contribution in [-0.4, -0.2) is 54.2 Å². The molecule has 1 rings (SSSR count). The predicted molar refractivity (Wildman–Crippen MR) is 83.3 cm³/mol. The number of carbonyl (C=O) groups is 4. The van der Waals surface area contributed by atoms with E-state index in [1.54, 1.807) is 20.9 Å². The van der Waals surface area contributed by atoms with Crippen LogP contribution in [0.2, 0.25) is 0 Å². The Morgan fingerprint density at radius 3 is 1.88 bits per heavy atom. The molecule has 2 amide bonds. The number of ether oxygens (including phenoxy) is 1. The third-order valence-corrected chi connectivity index (χ3v) is 2.47. The van der Waals surface area contributed by atoms with Crippen molar-refractivity contribution in [1.82, 2.24) is 15.6 Å². The van der Waals surface area contributed by atoms with Gasteiger partial charge in [-0.25, -0.2) is 4.98 Å². The van der Waals surface area contributed by atoms with Gasteiger partial charge < -0.3 is 25.3 Å². The number of nitrogens with one attached hydrogen (secondary N) is 2. The largest absolute Gasteiger partial charge is 0.444 e. The van der Waals surface area contributed by atoms with E-state index in [1.807, 2.05) is 0 Å². The Morgan fingerprint density at radius 1 is 1.08 bits per heavy atom. The van der Waals surface area contributed by atoms with Gasteiger partial charge in [0.15, 0.2) is 11.7 Å². The number of Topliss-reactive ketones (excluding diaryl/α,β-unsaturated/α-hetero) is 1. The number of hydrogen-bond donors (Lipinski definition) is 2. The summed E-state index contributed by atoms with van der Waals surface area (Å²) in [6.45, 7) is 5.77. The minimum absolute atomic E-state index is 0. The average molecular weight is 572 g/mol. The van der Waals surface area contributed by atoms with Gasteiger partial charge in [0.05, 0.1) is 5.69 Å². The van der Waals surface area contributed by atoms with E-state index in [9.17, 15) is 19.2 Å². The maximum Gasteiger partial charge on any atom is 0.303 e. The summed E-state index contributed by atoms with van der Waals surface area (Å²) < 4.78 is 9.51. The molecule has 0 saturated heterocycles. The summed E-state index contributed by atoms with van der Waals surface area (Å²) in [5, 5.41) is 4.68. The van der Waals surface area contributed by atoms with E-state index in [2.05, 4.69) is 20.4 Å². The molecule has 1 radical (unpaired) electrons. The Balaban J connectivity index is -0.000000359. The number of likely N-dealkylation sites (N-methyl/N-ethyl adjacent to an activating group) is 1. The maximum atomic E-state index is 11.0. The molecule has 1 aromatic rings. The van der Waals surface area contributed by atoms with Crippen molar-refractivity contribution in [3.8, 4) is 0 Å². The molecule has 10 nitrogen and oxygen atoms in total. The second-order valence-corrected chi connectivity index (χ2v) is 4.44. The zero-order chi connectivity index (χ0) is 18.2. The molecule has 25 heavy (non-hydrogen) atoms. The summed E-state index contributed by atoms with van der Waals surface area (Å²) in [6, 6.07) is 0. The zero-order valence-corrected chi connectivity index (χ0v) is 19.8. The van der Waals surface area contributed by atoms with Crippen molar-refractivity contribution in [3.05, 3.63) is 17.3 Å². The van der Waals surface area contributed by atoms with Crippen molar-refractivity contribution in [2.24, 2.45) is 0 Å². The summed E-state index contributed by atoms with van der Waals surface area (Å²) in [4.78, 5) is 47.0. The van der Waals surface area contributed by atoms with E-state index in [-0.39, 0.29) is 55.4 Å². The van der Waals surface area contributed by atoms with Gasteiger partial charge in [-0.2, -0.15) is 0 Å². The van der Waals surface area contributed by atoms with Crippen LogP contribution in [0.3, 0.4) is 0 Å². The van der Waals surface area contributed by atoms with Crippen LogP contribution in [0.4, 0.5) is 0 Å². The van der Waals surface area contributed by atoms with Crippen LogP contribution in [-0.2, 0) is 19.1 Å². The van der Waals surface area contributed by atoms with E-state index in [1.165, 1.54) is 14.0 Å². The molecule has 139 valence electrons. The Hall–Kier alpha value is -1.31. The van der Waals surface area contributed by atoms with Gasteiger partial charge in [0.25, 0.3) is 11.8 Å². The molecular formula is C14H23AcN3O7. The van der Waals surface area contributed by atoms with E-state index < -0.39 is 23.8 Å². The second-order valence-electron chi connectivity index (χ2n) is 4.44. The molecule has 1 atom stereocenters. The molecule has 1 heterocycles. The molecule has 11 heteroatoms. The number of aromatic nitrogens is 1. The minimum Gasteiger partial charge on any atom is -0.444 e. The van der Waals surface area contributed by atoms with Crippen molar-refractivity contribution >= 4 is 23.6 Å². The van der Waals surface area contributed by atoms with Crippen molar-refractivity contribution in [2.75, 3.05) is 14.1 Å². The molecule has 0 fully saturated rings. The van der Waals surface area contributed by atoms with Gasteiger partial charge in [-0.3, -0.25) is 19.2 Å². The minimum atomic E-state index is -1.31. The molecular weight excluding hydrogens is 549 g/mol. The standard InChI is InChI=1S/C7H10N2O2.C7H11NO4.Ac.H2O/c1-4-6(7(10)8-3)11-5(2)9-4;1-4(9)6(7(11)8-3)12-5(2)10;;/h1-3H3,(H,8,10);6H,1-3H3,(H,8,11);;1H2. The molecule has 0 aliphatic rings. The smallest absolute Gasteiger partial charge is 0.303 e. The van der Waals surface area contributed by atoms with Crippen LogP contribution in [0, 0.1) is 57.9 Å². The third-order valence-electron chi connectivity index (χ3n) is 2.47. The molecule has 1 unspecified atom stereocenters. The topological polar surface area (TPSA) is 159 Å². The number of amides is 2. The SMILES string of the molecule is CNC(=O)C(OC(C)=O)C(C)=O.CNC(=O)c1oc(C)nc1C.O.[Ac]. The fourth-order valence-electron chi connectivity index (χ4n) is 1.47. The molecule has 0 aliphatic heterocycles. The maximum absolute atomic E-state index is 11.0. The molecule has 0 saturated carbocycles. The number of esters is 1. The number of carbonyl (C=O) groups excluding carboxylic acids is 4. The summed E-state index contributed by atoms with van der Waals surface area (Å²) in [7, 11) is 2.92. The van der Waals surface area contributed by atoms with E-state index >= 15 is 0 Å². The van der Waals surface area contributed by atoms with Gasteiger partial charge in [-0.05, 0) is 13.8 Å². The van der Waals surface area contributed by atoms with Gasteiger partial charge in [-0.1, -0.05) is 0 Å². The fraction of sp³-hybridized carbons (Fsp3) is 0.500. The number of oxazole rings is 1. The fourth-order valence-corrected chi connectivity index (χ4v) is 1.47. The van der Waals surface area contributed by atoms with Crippen molar-refractivity contribution in [1.29, 1.82) is 0 Å². The van der Waals surface area contributed by atoms with E-state index in [0.717, 1.165) is 6.92 Å². The number of rotatable bonds is 4. The quantitative estimate of drug-likeness (QED) is 0.349. The predicted octanol–water partition coefficient (Wildman–Crippen LogP) is -0.921. The molecule has 0 aromatic carbocycles. The van der Waals surface area contributed by atoms with Gasteiger partial charge >= 0.3 is 5.97 Å². The van der Waals surface area contributed by atoms with Crippen LogP contribution < -0.4 is 10.6 Å². The van der Waals surface area contributed by atoms with Gasteiger partial charge in [0.1, 0.15) is 0 Å². The van der Waals surface area contributed by atoms with Gasteiger partial charge in [0, 0.05) is 72.0 Å². The second kappa shape index (κ2) is 13.9. The Bertz CT molecular complexity index is 601. The first-order valence-corrected chi connectivity index (χ1v) is 6.69. The summed E-state index contributed by atoms with van der Waals surface area (Å²) in [6.07, 6.45) is -1.31. The Kier molecular flexibility index (Phi) is 15.9. The van der Waals surface area contributed by atoms with E-state index in [0.29, 0.717) is 17.3 Å². The average Bonchev–Trinajstić information content (AvgIpc) is 2.82. The number of nitrogens with zero attached hydrogens (tertiary/aromatic N) is 1. The van der Waals surface area contributed by atoms with Crippen molar-refractivity contribution < 1.29 is 77.9 Å².